The van der Waals surface area contributed by atoms with E-state index in [9.17, 15) is 4.79 Å². The van der Waals surface area contributed by atoms with Gasteiger partial charge in [0.2, 0.25) is 0 Å². The van der Waals surface area contributed by atoms with Gasteiger partial charge in [0.05, 0.1) is 17.9 Å². The molecule has 0 radical (unpaired) electrons. The summed E-state index contributed by atoms with van der Waals surface area (Å²) in [5.41, 5.74) is 7.95. The van der Waals surface area contributed by atoms with Gasteiger partial charge in [0.15, 0.2) is 0 Å². The number of nitrogens with one attached hydrogen (secondary N) is 1. The zero-order valence-corrected chi connectivity index (χ0v) is 12.0. The Morgan fingerprint density at radius 2 is 2.21 bits per heavy atom. The van der Waals surface area contributed by atoms with E-state index in [1.54, 1.807) is 6.07 Å². The first-order valence-corrected chi connectivity index (χ1v) is 6.73. The molecular formula is C15H22N2O2. The molecule has 0 aromatic heterocycles. The maximum Gasteiger partial charge on any atom is 0.250 e. The molecule has 0 bridgehead atoms. The summed E-state index contributed by atoms with van der Waals surface area (Å²) in [6.45, 7) is 8.93. The van der Waals surface area contributed by atoms with Gasteiger partial charge in [-0.3, -0.25) is 4.79 Å². The SMILES string of the molecule is CCOc1cc(C(N)=O)c2c(c1)C(C)CC(C)(C)N2. The molecule has 1 aliphatic rings. The molecule has 2 rings (SSSR count). The number of carbonyl (C=O) groups excluding carboxylic acids is 1. The van der Waals surface area contributed by atoms with E-state index in [1.807, 2.05) is 13.0 Å². The largest absolute Gasteiger partial charge is 0.494 e. The predicted octanol–water partition coefficient (Wildman–Crippen LogP) is 2.88. The van der Waals surface area contributed by atoms with Gasteiger partial charge in [-0.25, -0.2) is 0 Å². The summed E-state index contributed by atoms with van der Waals surface area (Å²) < 4.78 is 5.53. The first-order valence-electron chi connectivity index (χ1n) is 6.73. The number of carbonyl (C=O) groups is 1. The van der Waals surface area contributed by atoms with Crippen LogP contribution in [0.25, 0.3) is 0 Å². The molecule has 1 unspecified atom stereocenters. The predicted molar refractivity (Wildman–Crippen MR) is 76.9 cm³/mol. The molecule has 1 atom stereocenters. The molecule has 1 heterocycles. The van der Waals surface area contributed by atoms with Crippen molar-refractivity contribution >= 4 is 11.6 Å². The van der Waals surface area contributed by atoms with E-state index < -0.39 is 5.91 Å². The van der Waals surface area contributed by atoms with Crippen LogP contribution in [0.3, 0.4) is 0 Å². The summed E-state index contributed by atoms with van der Waals surface area (Å²) in [5, 5.41) is 3.43. The lowest BCUT2D eigenvalue weighted by molar-refractivity contribution is 0.100. The molecule has 1 amide bonds. The molecule has 1 aromatic carbocycles. The second-order valence-electron chi connectivity index (χ2n) is 5.85. The van der Waals surface area contributed by atoms with Gasteiger partial charge in [-0.05, 0) is 50.8 Å². The van der Waals surface area contributed by atoms with Crippen molar-refractivity contribution in [3.05, 3.63) is 23.3 Å². The Bertz CT molecular complexity index is 509. The molecule has 4 nitrogen and oxygen atoms in total. The van der Waals surface area contributed by atoms with E-state index in [2.05, 4.69) is 26.1 Å². The summed E-state index contributed by atoms with van der Waals surface area (Å²) >= 11 is 0. The van der Waals surface area contributed by atoms with Gasteiger partial charge < -0.3 is 15.8 Å². The van der Waals surface area contributed by atoms with E-state index in [1.165, 1.54) is 0 Å². The maximum absolute atomic E-state index is 11.7. The Morgan fingerprint density at radius 3 is 2.79 bits per heavy atom. The van der Waals surface area contributed by atoms with E-state index in [-0.39, 0.29) is 5.54 Å². The van der Waals surface area contributed by atoms with Crippen LogP contribution in [0.4, 0.5) is 5.69 Å². The molecule has 19 heavy (non-hydrogen) atoms. The highest BCUT2D eigenvalue weighted by Gasteiger charge is 2.32. The molecule has 0 fully saturated rings. The fourth-order valence-electron chi connectivity index (χ4n) is 2.87. The number of fused-ring (bicyclic) bond motifs is 1. The first-order chi connectivity index (χ1) is 8.84. The monoisotopic (exact) mass is 262 g/mol. The average Bonchev–Trinajstić information content (AvgIpc) is 2.28. The molecule has 3 N–H and O–H groups in total. The second-order valence-corrected chi connectivity index (χ2v) is 5.85. The minimum atomic E-state index is -0.421. The summed E-state index contributed by atoms with van der Waals surface area (Å²) in [4.78, 5) is 11.7. The fourth-order valence-corrected chi connectivity index (χ4v) is 2.87. The Morgan fingerprint density at radius 1 is 1.53 bits per heavy atom. The van der Waals surface area contributed by atoms with Gasteiger partial charge in [0, 0.05) is 5.54 Å². The van der Waals surface area contributed by atoms with Crippen LogP contribution in [0.5, 0.6) is 5.75 Å². The van der Waals surface area contributed by atoms with Gasteiger partial charge in [-0.2, -0.15) is 0 Å². The molecule has 4 heteroatoms. The molecule has 0 saturated carbocycles. The molecule has 0 aliphatic carbocycles. The van der Waals surface area contributed by atoms with E-state index in [0.29, 0.717) is 23.8 Å². The van der Waals surface area contributed by atoms with Gasteiger partial charge >= 0.3 is 0 Å². The lowest BCUT2D eigenvalue weighted by Gasteiger charge is -2.38. The first kappa shape index (κ1) is 13.7. The number of anilines is 1. The lowest BCUT2D eigenvalue weighted by Crippen LogP contribution is -2.38. The van der Waals surface area contributed by atoms with Crippen molar-refractivity contribution in [3.8, 4) is 5.75 Å². The second kappa shape index (κ2) is 4.76. The number of ether oxygens (including phenoxy) is 1. The topological polar surface area (TPSA) is 64.3 Å². The molecule has 1 aliphatic heterocycles. The summed E-state index contributed by atoms with van der Waals surface area (Å²) in [5.74, 6) is 0.656. The Labute approximate surface area is 114 Å². The van der Waals surface area contributed by atoms with Crippen LogP contribution in [0.2, 0.25) is 0 Å². The molecule has 104 valence electrons. The molecular weight excluding hydrogens is 240 g/mol. The number of rotatable bonds is 3. The number of primary amides is 1. The van der Waals surface area contributed by atoms with Crippen molar-refractivity contribution < 1.29 is 9.53 Å². The third-order valence-corrected chi connectivity index (χ3v) is 3.53. The van der Waals surface area contributed by atoms with Crippen LogP contribution in [0.1, 0.15) is 56.0 Å². The zero-order chi connectivity index (χ0) is 14.2. The summed E-state index contributed by atoms with van der Waals surface area (Å²) in [6, 6.07) is 3.74. The van der Waals surface area contributed by atoms with Crippen molar-refractivity contribution in [2.75, 3.05) is 11.9 Å². The highest BCUT2D eigenvalue weighted by molar-refractivity contribution is 6.00. The highest BCUT2D eigenvalue weighted by atomic mass is 16.5. The van der Waals surface area contributed by atoms with Crippen molar-refractivity contribution in [1.82, 2.24) is 0 Å². The number of hydrogen-bond donors (Lipinski definition) is 2. The number of hydrogen-bond acceptors (Lipinski definition) is 3. The third kappa shape index (κ3) is 2.67. The van der Waals surface area contributed by atoms with Crippen LogP contribution in [0.15, 0.2) is 12.1 Å². The Balaban J connectivity index is 2.57. The average molecular weight is 262 g/mol. The van der Waals surface area contributed by atoms with Gasteiger partial charge in [0.25, 0.3) is 5.91 Å². The molecule has 0 saturated heterocycles. The maximum atomic E-state index is 11.7. The number of amides is 1. The van der Waals surface area contributed by atoms with Crippen molar-refractivity contribution in [2.45, 2.75) is 45.6 Å². The zero-order valence-electron chi connectivity index (χ0n) is 12.0. The van der Waals surface area contributed by atoms with Gasteiger partial charge in [0.1, 0.15) is 5.75 Å². The minimum absolute atomic E-state index is 0.0379. The Hall–Kier alpha value is -1.71. The smallest absolute Gasteiger partial charge is 0.250 e. The van der Waals surface area contributed by atoms with Crippen LogP contribution in [-0.2, 0) is 0 Å². The number of nitrogens with two attached hydrogens (primary N) is 1. The van der Waals surface area contributed by atoms with Crippen LogP contribution in [-0.4, -0.2) is 18.1 Å². The lowest BCUT2D eigenvalue weighted by atomic mass is 9.80. The highest BCUT2D eigenvalue weighted by Crippen LogP contribution is 2.42. The molecule has 1 aromatic rings. The normalized spacial score (nSPS) is 20.3. The van der Waals surface area contributed by atoms with Crippen LogP contribution >= 0.6 is 0 Å². The minimum Gasteiger partial charge on any atom is -0.494 e. The van der Waals surface area contributed by atoms with E-state index in [0.717, 1.165) is 17.7 Å². The van der Waals surface area contributed by atoms with Crippen molar-refractivity contribution in [2.24, 2.45) is 5.73 Å². The summed E-state index contributed by atoms with van der Waals surface area (Å²) in [6.07, 6.45) is 1.01. The molecule has 0 spiro atoms. The quantitative estimate of drug-likeness (QED) is 0.880. The van der Waals surface area contributed by atoms with Crippen LogP contribution < -0.4 is 15.8 Å². The fraction of sp³-hybridized carbons (Fsp3) is 0.533. The van der Waals surface area contributed by atoms with Crippen molar-refractivity contribution in [1.29, 1.82) is 0 Å². The van der Waals surface area contributed by atoms with Gasteiger partial charge in [-0.1, -0.05) is 6.92 Å². The number of benzene rings is 1. The van der Waals surface area contributed by atoms with Crippen LogP contribution in [0, 0.1) is 0 Å². The summed E-state index contributed by atoms with van der Waals surface area (Å²) in [7, 11) is 0. The van der Waals surface area contributed by atoms with Crippen molar-refractivity contribution in [3.63, 3.8) is 0 Å². The third-order valence-electron chi connectivity index (χ3n) is 3.53. The Kier molecular flexibility index (Phi) is 3.43. The standard InChI is InChI=1S/C15H22N2O2/c1-5-19-10-6-11-9(2)8-15(3,4)17-13(11)12(7-10)14(16)18/h6-7,9,17H,5,8H2,1-4H3,(H2,16,18). The van der Waals surface area contributed by atoms with E-state index in [4.69, 9.17) is 10.5 Å². The van der Waals surface area contributed by atoms with E-state index >= 15 is 0 Å². The van der Waals surface area contributed by atoms with Gasteiger partial charge in [-0.15, -0.1) is 0 Å².